The summed E-state index contributed by atoms with van der Waals surface area (Å²) >= 11 is 2.22. The average molecular weight is 554 g/mol. The Morgan fingerprint density at radius 3 is 1.82 bits per heavy atom. The van der Waals surface area contributed by atoms with Crippen LogP contribution in [-0.2, 0) is 18.2 Å². The zero-order valence-electron chi connectivity index (χ0n) is 19.8. The van der Waals surface area contributed by atoms with Crippen molar-refractivity contribution in [2.24, 2.45) is 0 Å². The van der Waals surface area contributed by atoms with Crippen LogP contribution in [-0.4, -0.2) is 0 Å². The Bertz CT molecular complexity index is 1100. The first kappa shape index (κ1) is 30.6. The summed E-state index contributed by atoms with van der Waals surface area (Å²) in [5.41, 5.74) is 17.0. The minimum atomic E-state index is 0. The zero-order chi connectivity index (χ0) is 22.8. The molecule has 3 nitrogen and oxygen atoms in total. The molecule has 4 rings (SSSR count). The van der Waals surface area contributed by atoms with Gasteiger partial charge < -0.3 is 18.0 Å². The van der Waals surface area contributed by atoms with Crippen LogP contribution >= 0.6 is 9.53 Å². The number of hydrogen-bond acceptors (Lipinski definition) is 3. The number of halogens is 1. The van der Waals surface area contributed by atoms with Crippen molar-refractivity contribution in [2.75, 3.05) is 5.73 Å². The van der Waals surface area contributed by atoms with E-state index < -0.39 is 0 Å². The molecule has 0 amide bonds. The Morgan fingerprint density at radius 2 is 1.24 bits per heavy atom. The maximum atomic E-state index is 5.83. The second-order valence-corrected chi connectivity index (χ2v) is 7.35. The fraction of sp³-hybridized carbons (Fsp3) is 0.143. The topological polar surface area (TPSA) is 96.0 Å². The summed E-state index contributed by atoms with van der Waals surface area (Å²) in [7, 11) is 4.49. The van der Waals surface area contributed by atoms with E-state index in [1.807, 2.05) is 48.5 Å². The molecule has 0 spiro atoms. The van der Waals surface area contributed by atoms with E-state index in [-0.39, 0.29) is 12.3 Å². The van der Waals surface area contributed by atoms with Crippen LogP contribution in [0.2, 0.25) is 0 Å². The molecule has 0 saturated heterocycles. The van der Waals surface area contributed by atoms with Gasteiger partial charge in [0.15, 0.2) is 0 Å². The van der Waals surface area contributed by atoms with Gasteiger partial charge in [0.1, 0.15) is 0 Å². The van der Waals surface area contributed by atoms with Crippen molar-refractivity contribution in [1.29, 1.82) is 0 Å². The molecule has 4 aromatic carbocycles. The SMILES string of the molecule is Cc1cc(-c2ccccc2)c(C)c(C)c1C.N.N.Nc1ccccc1-c1[c-]cccc1.[Cl][Pd+]. The summed E-state index contributed by atoms with van der Waals surface area (Å²) in [6.45, 7) is 8.81. The first-order chi connectivity index (χ1) is 15.0. The Balaban J connectivity index is 0.000000554. The average Bonchev–Trinajstić information content (AvgIpc) is 2.83. The Morgan fingerprint density at radius 1 is 0.667 bits per heavy atom. The molecule has 5 heteroatoms. The van der Waals surface area contributed by atoms with Crippen LogP contribution in [0, 0.1) is 33.8 Å². The second kappa shape index (κ2) is 15.4. The van der Waals surface area contributed by atoms with E-state index in [4.69, 9.17) is 5.73 Å². The summed E-state index contributed by atoms with van der Waals surface area (Å²) in [6.07, 6.45) is 0. The molecule has 0 aliphatic heterocycles. The van der Waals surface area contributed by atoms with Gasteiger partial charge in [-0.05, 0) is 72.8 Å². The molecule has 0 aliphatic carbocycles. The fourth-order valence-electron chi connectivity index (χ4n) is 3.43. The van der Waals surface area contributed by atoms with Gasteiger partial charge in [-0.3, -0.25) is 0 Å². The molecule has 0 bridgehead atoms. The summed E-state index contributed by atoms with van der Waals surface area (Å²) < 4.78 is 0. The summed E-state index contributed by atoms with van der Waals surface area (Å²) in [4.78, 5) is 0. The minimum absolute atomic E-state index is 0. The molecule has 8 N–H and O–H groups in total. The Hall–Kier alpha value is -2.45. The van der Waals surface area contributed by atoms with Gasteiger partial charge in [-0.2, -0.15) is 0 Å². The maximum absolute atomic E-state index is 5.83. The molecule has 0 heterocycles. The van der Waals surface area contributed by atoms with Crippen molar-refractivity contribution in [3.63, 3.8) is 0 Å². The molecule has 178 valence electrons. The molecule has 4 aromatic rings. The number of rotatable bonds is 2. The molecule has 0 aliphatic rings. The third kappa shape index (κ3) is 8.12. The molecule has 0 aromatic heterocycles. The van der Waals surface area contributed by atoms with Gasteiger partial charge in [0.2, 0.25) is 0 Å². The van der Waals surface area contributed by atoms with Crippen LogP contribution in [0.15, 0.2) is 84.9 Å². The molecule has 0 unspecified atom stereocenters. The van der Waals surface area contributed by atoms with Gasteiger partial charge in [0.05, 0.1) is 0 Å². The molecular weight excluding hydrogens is 520 g/mol. The zero-order valence-corrected chi connectivity index (χ0v) is 22.1. The molecule has 0 saturated carbocycles. The van der Waals surface area contributed by atoms with Crippen LogP contribution in [0.5, 0.6) is 0 Å². The third-order valence-electron chi connectivity index (χ3n) is 5.53. The van der Waals surface area contributed by atoms with E-state index in [2.05, 4.69) is 97.9 Å². The quantitative estimate of drug-likeness (QED) is 0.132. The van der Waals surface area contributed by atoms with Crippen LogP contribution in [0.3, 0.4) is 0 Å². The normalized spacial score (nSPS) is 9.18. The predicted molar refractivity (Wildman–Crippen MR) is 142 cm³/mol. The van der Waals surface area contributed by atoms with Gasteiger partial charge in [0.25, 0.3) is 0 Å². The summed E-state index contributed by atoms with van der Waals surface area (Å²) in [5.74, 6) is 0. The van der Waals surface area contributed by atoms with Crippen LogP contribution in [0.1, 0.15) is 22.3 Å². The molecule has 0 fully saturated rings. The van der Waals surface area contributed by atoms with E-state index in [1.165, 1.54) is 33.4 Å². The van der Waals surface area contributed by atoms with E-state index in [1.54, 1.807) is 0 Å². The molecular formula is C28H34ClN3Pd. The number of nitrogen functional groups attached to an aromatic ring is 1. The van der Waals surface area contributed by atoms with E-state index in [0.717, 1.165) is 16.8 Å². The van der Waals surface area contributed by atoms with Crippen molar-refractivity contribution in [3.05, 3.63) is 113 Å². The van der Waals surface area contributed by atoms with E-state index in [0.29, 0.717) is 0 Å². The fourth-order valence-corrected chi connectivity index (χ4v) is 3.43. The van der Waals surface area contributed by atoms with Crippen LogP contribution in [0.4, 0.5) is 5.69 Å². The third-order valence-corrected chi connectivity index (χ3v) is 5.53. The van der Waals surface area contributed by atoms with Crippen LogP contribution in [0.25, 0.3) is 22.3 Å². The van der Waals surface area contributed by atoms with Crippen molar-refractivity contribution >= 4 is 15.2 Å². The van der Waals surface area contributed by atoms with Crippen LogP contribution < -0.4 is 18.0 Å². The van der Waals surface area contributed by atoms with E-state index >= 15 is 0 Å². The molecule has 0 atom stereocenters. The van der Waals surface area contributed by atoms with Crippen molar-refractivity contribution < 1.29 is 18.2 Å². The Labute approximate surface area is 213 Å². The monoisotopic (exact) mass is 553 g/mol. The summed E-state index contributed by atoms with van der Waals surface area (Å²) in [5, 5.41) is 0. The number of anilines is 1. The van der Waals surface area contributed by atoms with Gasteiger partial charge in [-0.25, -0.2) is 0 Å². The van der Waals surface area contributed by atoms with Gasteiger partial charge in [-0.1, -0.05) is 60.2 Å². The van der Waals surface area contributed by atoms with Crippen molar-refractivity contribution in [1.82, 2.24) is 12.3 Å². The second-order valence-electron chi connectivity index (χ2n) is 7.35. The van der Waals surface area contributed by atoms with Gasteiger partial charge >= 0.3 is 27.7 Å². The van der Waals surface area contributed by atoms with Gasteiger partial charge in [-0.15, -0.1) is 35.9 Å². The van der Waals surface area contributed by atoms with Crippen molar-refractivity contribution in [2.45, 2.75) is 27.7 Å². The standard InChI is InChI=1S/C16H18.C12H10N.ClH.2H3N.Pd/c1-11-10-16(14(4)13(3)12(11)2)15-8-6-5-7-9-15;13-12-9-5-4-8-11(12)10-6-2-1-3-7-10;;;;/h5-10H,1-4H3;1-6,8-9H,13H2;1H;2*1H3;/q;-1;;;;+2/p-1. The summed E-state index contributed by atoms with van der Waals surface area (Å²) in [6, 6.07) is 31.7. The number of benzene rings is 4. The first-order valence-electron chi connectivity index (χ1n) is 10.1. The predicted octanol–water partition coefficient (Wildman–Crippen LogP) is 8.33. The van der Waals surface area contributed by atoms with Crippen molar-refractivity contribution in [3.8, 4) is 22.3 Å². The van der Waals surface area contributed by atoms with E-state index in [9.17, 15) is 0 Å². The molecule has 33 heavy (non-hydrogen) atoms. The number of nitrogens with two attached hydrogens (primary N) is 1. The number of hydrogen-bond donors (Lipinski definition) is 3. The number of para-hydroxylation sites is 1. The molecule has 0 radical (unpaired) electrons. The Kier molecular flexibility index (Phi) is 14.3. The van der Waals surface area contributed by atoms with Gasteiger partial charge in [0, 0.05) is 0 Å². The first-order valence-corrected chi connectivity index (χ1v) is 12.1. The number of aryl methyl sites for hydroxylation is 1.